The molecule has 0 radical (unpaired) electrons. The van der Waals surface area contributed by atoms with E-state index in [1.54, 1.807) is 12.4 Å². The van der Waals surface area contributed by atoms with Crippen molar-refractivity contribution in [3.63, 3.8) is 0 Å². The van der Waals surface area contributed by atoms with Crippen molar-refractivity contribution in [2.45, 2.75) is 6.42 Å². The summed E-state index contributed by atoms with van der Waals surface area (Å²) in [5.74, 6) is -0.0789. The van der Waals surface area contributed by atoms with Gasteiger partial charge in [0.15, 0.2) is 0 Å². The Morgan fingerprint density at radius 2 is 1.85 bits per heavy atom. The number of hydrogen-bond acceptors (Lipinski definition) is 3. The van der Waals surface area contributed by atoms with Gasteiger partial charge >= 0.3 is 0 Å². The third-order valence-corrected chi connectivity index (χ3v) is 5.64. The lowest BCUT2D eigenvalue weighted by Crippen LogP contribution is -2.14. The molecule has 1 amide bonds. The molecule has 2 aromatic heterocycles. The molecule has 0 atom stereocenters. The van der Waals surface area contributed by atoms with Gasteiger partial charge in [-0.3, -0.25) is 9.78 Å². The van der Waals surface area contributed by atoms with Crippen LogP contribution in [-0.4, -0.2) is 15.9 Å². The smallest absolute Gasteiger partial charge is 0.228 e. The summed E-state index contributed by atoms with van der Waals surface area (Å²) >= 11 is 6.26. The zero-order valence-corrected chi connectivity index (χ0v) is 18.4. The lowest BCUT2D eigenvalue weighted by molar-refractivity contribution is -0.115. The Morgan fingerprint density at radius 1 is 0.939 bits per heavy atom. The molecule has 5 nitrogen and oxygen atoms in total. The molecule has 0 bridgehead atoms. The maximum atomic E-state index is 12.8. The second-order valence-corrected chi connectivity index (χ2v) is 8.16. The Morgan fingerprint density at radius 3 is 2.70 bits per heavy atom. The van der Waals surface area contributed by atoms with Crippen LogP contribution in [0, 0.1) is 0 Å². The average Bonchev–Trinajstić information content (AvgIpc) is 3.23. The van der Waals surface area contributed by atoms with Gasteiger partial charge < -0.3 is 15.6 Å². The number of carbonyl (C=O) groups is 1. The number of nitrogens with one attached hydrogen (secondary N) is 3. The quantitative estimate of drug-likeness (QED) is 0.265. The maximum Gasteiger partial charge on any atom is 0.228 e. The van der Waals surface area contributed by atoms with E-state index in [9.17, 15) is 4.79 Å². The largest absolute Gasteiger partial charge is 0.361 e. The number of hydrogen-bond donors (Lipinski definition) is 3. The fourth-order valence-corrected chi connectivity index (χ4v) is 4.06. The van der Waals surface area contributed by atoms with E-state index in [-0.39, 0.29) is 12.3 Å². The lowest BCUT2D eigenvalue weighted by atomic mass is 10.0. The highest BCUT2D eigenvalue weighted by Gasteiger charge is 2.12. The van der Waals surface area contributed by atoms with Gasteiger partial charge in [-0.15, -0.1) is 0 Å². The first-order valence-corrected chi connectivity index (χ1v) is 11.0. The van der Waals surface area contributed by atoms with Crippen molar-refractivity contribution in [3.05, 3.63) is 108 Å². The van der Waals surface area contributed by atoms with Gasteiger partial charge in [-0.2, -0.15) is 0 Å². The lowest BCUT2D eigenvalue weighted by Gasteiger charge is -2.15. The fourth-order valence-electron chi connectivity index (χ4n) is 3.87. The number of para-hydroxylation sites is 1. The number of anilines is 3. The summed E-state index contributed by atoms with van der Waals surface area (Å²) < 4.78 is 0. The van der Waals surface area contributed by atoms with Gasteiger partial charge in [0.05, 0.1) is 18.3 Å². The predicted molar refractivity (Wildman–Crippen MR) is 135 cm³/mol. The zero-order chi connectivity index (χ0) is 22.6. The van der Waals surface area contributed by atoms with E-state index in [1.165, 1.54) is 0 Å². The third kappa shape index (κ3) is 4.73. The molecule has 3 N–H and O–H groups in total. The van der Waals surface area contributed by atoms with E-state index < -0.39 is 0 Å². The molecular weight excluding hydrogens is 432 g/mol. The first kappa shape index (κ1) is 20.8. The summed E-state index contributed by atoms with van der Waals surface area (Å²) in [5.41, 5.74) is 6.33. The molecule has 5 rings (SSSR count). The molecule has 0 aliphatic heterocycles. The molecule has 0 aliphatic carbocycles. The molecule has 162 valence electrons. The first-order chi connectivity index (χ1) is 16.2. The van der Waals surface area contributed by atoms with Crippen LogP contribution in [0.1, 0.15) is 5.56 Å². The molecule has 0 unspecified atom stereocenters. The number of amides is 1. The van der Waals surface area contributed by atoms with Gasteiger partial charge in [-0.25, -0.2) is 0 Å². The third-order valence-electron chi connectivity index (χ3n) is 5.41. The van der Waals surface area contributed by atoms with Crippen molar-refractivity contribution in [1.82, 2.24) is 9.97 Å². The van der Waals surface area contributed by atoms with Crippen molar-refractivity contribution < 1.29 is 4.79 Å². The van der Waals surface area contributed by atoms with Crippen molar-refractivity contribution in [3.8, 4) is 11.1 Å². The van der Waals surface area contributed by atoms with E-state index in [0.717, 1.165) is 39.0 Å². The summed E-state index contributed by atoms with van der Waals surface area (Å²) in [6.45, 7) is 0. The molecule has 0 saturated heterocycles. The van der Waals surface area contributed by atoms with Crippen LogP contribution < -0.4 is 10.6 Å². The Balaban J connectivity index is 1.43. The number of benzene rings is 3. The van der Waals surface area contributed by atoms with Gasteiger partial charge in [-0.05, 0) is 59.7 Å². The van der Waals surface area contributed by atoms with Gasteiger partial charge in [-0.1, -0.05) is 41.9 Å². The van der Waals surface area contributed by atoms with E-state index in [1.807, 2.05) is 85.1 Å². The van der Waals surface area contributed by atoms with Crippen LogP contribution in [0.15, 0.2) is 97.5 Å². The predicted octanol–water partition coefficient (Wildman–Crippen LogP) is 6.81. The molecular formula is C27H21ClN4O. The zero-order valence-electron chi connectivity index (χ0n) is 17.7. The number of fused-ring (bicyclic) bond motifs is 1. The van der Waals surface area contributed by atoms with E-state index in [0.29, 0.717) is 10.7 Å². The Kier molecular flexibility index (Phi) is 5.79. The van der Waals surface area contributed by atoms with Gasteiger partial charge in [0, 0.05) is 45.3 Å². The van der Waals surface area contributed by atoms with Crippen LogP contribution in [0.3, 0.4) is 0 Å². The average molecular weight is 453 g/mol. The first-order valence-electron chi connectivity index (χ1n) is 10.6. The van der Waals surface area contributed by atoms with Crippen LogP contribution in [0.5, 0.6) is 0 Å². The number of pyridine rings is 1. The Hall–Kier alpha value is -4.09. The molecule has 3 aromatic carbocycles. The minimum Gasteiger partial charge on any atom is -0.361 e. The van der Waals surface area contributed by atoms with Gasteiger partial charge in [0.1, 0.15) is 0 Å². The Labute approximate surface area is 196 Å². The maximum absolute atomic E-state index is 12.8. The number of rotatable bonds is 6. The molecule has 2 heterocycles. The van der Waals surface area contributed by atoms with Gasteiger partial charge in [0.25, 0.3) is 0 Å². The molecule has 0 aliphatic rings. The van der Waals surface area contributed by atoms with E-state index >= 15 is 0 Å². The molecule has 0 saturated carbocycles. The second kappa shape index (κ2) is 9.18. The standard InChI is InChI=1S/C27H21ClN4O/c28-20-6-3-5-18(13-20)24-15-21(10-11-26(24)31-22-7-4-12-29-17-22)32-27(33)14-19-16-30-25-9-2-1-8-23(19)25/h1-13,15-17,30-31H,14H2,(H,32,33). The van der Waals surface area contributed by atoms with Crippen molar-refractivity contribution in [2.24, 2.45) is 0 Å². The number of aromatic nitrogens is 2. The SMILES string of the molecule is O=C(Cc1c[nH]c2ccccc12)Nc1ccc(Nc2cccnc2)c(-c2cccc(Cl)c2)c1. The van der Waals surface area contributed by atoms with Crippen molar-refractivity contribution in [1.29, 1.82) is 0 Å². The fraction of sp³-hybridized carbons (Fsp3) is 0.0370. The normalized spacial score (nSPS) is 10.8. The monoisotopic (exact) mass is 452 g/mol. The highest BCUT2D eigenvalue weighted by atomic mass is 35.5. The highest BCUT2D eigenvalue weighted by Crippen LogP contribution is 2.34. The minimum atomic E-state index is -0.0789. The number of nitrogens with zero attached hydrogens (tertiary/aromatic N) is 1. The van der Waals surface area contributed by atoms with Crippen LogP contribution in [0.2, 0.25) is 5.02 Å². The van der Waals surface area contributed by atoms with E-state index in [2.05, 4.69) is 20.6 Å². The second-order valence-electron chi connectivity index (χ2n) is 7.72. The molecule has 6 heteroatoms. The van der Waals surface area contributed by atoms with Gasteiger partial charge in [0.2, 0.25) is 5.91 Å². The molecule has 0 spiro atoms. The summed E-state index contributed by atoms with van der Waals surface area (Å²) in [7, 11) is 0. The van der Waals surface area contributed by atoms with Crippen molar-refractivity contribution in [2.75, 3.05) is 10.6 Å². The van der Waals surface area contributed by atoms with Crippen LogP contribution in [-0.2, 0) is 11.2 Å². The molecule has 5 aromatic rings. The highest BCUT2D eigenvalue weighted by molar-refractivity contribution is 6.30. The molecule has 33 heavy (non-hydrogen) atoms. The minimum absolute atomic E-state index is 0.0789. The van der Waals surface area contributed by atoms with Crippen LogP contribution >= 0.6 is 11.6 Å². The summed E-state index contributed by atoms with van der Waals surface area (Å²) in [6.07, 6.45) is 5.67. The van der Waals surface area contributed by atoms with Crippen molar-refractivity contribution >= 4 is 45.5 Å². The van der Waals surface area contributed by atoms with E-state index in [4.69, 9.17) is 11.6 Å². The number of halogens is 1. The molecule has 0 fully saturated rings. The Bertz CT molecular complexity index is 1430. The van der Waals surface area contributed by atoms with Crippen LogP contribution in [0.25, 0.3) is 22.0 Å². The summed E-state index contributed by atoms with van der Waals surface area (Å²) in [4.78, 5) is 20.2. The summed E-state index contributed by atoms with van der Waals surface area (Å²) in [6, 6.07) is 25.2. The van der Waals surface area contributed by atoms with Crippen LogP contribution in [0.4, 0.5) is 17.1 Å². The topological polar surface area (TPSA) is 69.8 Å². The summed E-state index contributed by atoms with van der Waals surface area (Å²) in [5, 5.41) is 8.15. The number of carbonyl (C=O) groups excluding carboxylic acids is 1. The number of aromatic amines is 1. The number of H-pyrrole nitrogens is 1.